The van der Waals surface area contributed by atoms with E-state index in [1.54, 1.807) is 0 Å². The maximum absolute atomic E-state index is 12.1. The number of carbonyl (C=O) groups is 1. The lowest BCUT2D eigenvalue weighted by Crippen LogP contribution is -2.48. The largest absolute Gasteiger partial charge is 0.375 e. The Morgan fingerprint density at radius 2 is 2.06 bits per heavy atom. The number of carbonyl (C=O) groups excluding carboxylic acids is 1. The van der Waals surface area contributed by atoms with E-state index in [9.17, 15) is 4.79 Å². The summed E-state index contributed by atoms with van der Waals surface area (Å²) >= 11 is 0. The molecule has 3 saturated heterocycles. The van der Waals surface area contributed by atoms with Gasteiger partial charge in [-0.25, -0.2) is 0 Å². The zero-order valence-corrected chi connectivity index (χ0v) is 10.1. The molecule has 1 amide bonds. The monoisotopic (exact) mass is 240 g/mol. The second-order valence-corrected chi connectivity index (χ2v) is 5.16. The maximum Gasteiger partial charge on any atom is 0.225 e. The van der Waals surface area contributed by atoms with Crippen LogP contribution in [0, 0.1) is 0 Å². The summed E-state index contributed by atoms with van der Waals surface area (Å²) in [5, 5.41) is 3.25. The van der Waals surface area contributed by atoms with Gasteiger partial charge in [0, 0.05) is 26.2 Å². The first-order chi connectivity index (χ1) is 8.31. The minimum Gasteiger partial charge on any atom is -0.375 e. The van der Waals surface area contributed by atoms with Crippen molar-refractivity contribution in [2.24, 2.45) is 0 Å². The quantitative estimate of drug-likeness (QED) is 0.723. The van der Waals surface area contributed by atoms with Gasteiger partial charge in [0.05, 0.1) is 31.3 Å². The van der Waals surface area contributed by atoms with Crippen molar-refractivity contribution in [1.29, 1.82) is 0 Å². The third-order valence-electron chi connectivity index (χ3n) is 3.80. The van der Waals surface area contributed by atoms with Crippen LogP contribution in [0.1, 0.15) is 19.3 Å². The lowest BCUT2D eigenvalue weighted by molar-refractivity contribution is -0.143. The first-order valence-corrected chi connectivity index (χ1v) is 6.57. The molecule has 3 aliphatic heterocycles. The number of likely N-dealkylation sites (tertiary alicyclic amines) is 1. The van der Waals surface area contributed by atoms with Crippen LogP contribution in [0.4, 0.5) is 0 Å². The molecule has 96 valence electrons. The Kier molecular flexibility index (Phi) is 3.31. The molecule has 0 aromatic rings. The van der Waals surface area contributed by atoms with Gasteiger partial charge in [0.1, 0.15) is 0 Å². The second kappa shape index (κ2) is 4.92. The van der Waals surface area contributed by atoms with Crippen molar-refractivity contribution in [3.63, 3.8) is 0 Å². The van der Waals surface area contributed by atoms with Gasteiger partial charge in [-0.2, -0.15) is 0 Å². The molecular weight excluding hydrogens is 220 g/mol. The molecule has 3 aliphatic rings. The second-order valence-electron chi connectivity index (χ2n) is 5.16. The predicted molar refractivity (Wildman–Crippen MR) is 61.7 cm³/mol. The van der Waals surface area contributed by atoms with E-state index in [4.69, 9.17) is 9.47 Å². The Morgan fingerprint density at radius 3 is 2.71 bits per heavy atom. The van der Waals surface area contributed by atoms with E-state index < -0.39 is 0 Å². The van der Waals surface area contributed by atoms with Crippen molar-refractivity contribution in [1.82, 2.24) is 10.2 Å². The van der Waals surface area contributed by atoms with Crippen LogP contribution in [0.3, 0.4) is 0 Å². The number of fused-ring (bicyclic) bond motifs is 2. The predicted octanol–water partition coefficient (Wildman–Crippen LogP) is -0.245. The Labute approximate surface area is 101 Å². The van der Waals surface area contributed by atoms with Crippen LogP contribution in [-0.4, -0.2) is 61.9 Å². The van der Waals surface area contributed by atoms with Crippen LogP contribution in [0.15, 0.2) is 0 Å². The van der Waals surface area contributed by atoms with Crippen LogP contribution >= 0.6 is 0 Å². The highest BCUT2D eigenvalue weighted by Gasteiger charge is 2.36. The third kappa shape index (κ3) is 2.61. The topological polar surface area (TPSA) is 50.8 Å². The number of hydrogen-bond donors (Lipinski definition) is 1. The van der Waals surface area contributed by atoms with Gasteiger partial charge in [0.25, 0.3) is 0 Å². The average molecular weight is 240 g/mol. The number of morpholine rings is 2. The lowest BCUT2D eigenvalue weighted by atomic mass is 10.2. The van der Waals surface area contributed by atoms with Gasteiger partial charge in [0.2, 0.25) is 5.91 Å². The normalized spacial score (nSPS) is 37.2. The minimum absolute atomic E-state index is 0.0525. The standard InChI is InChI=1S/C12H20N2O3/c15-12(5-11-6-13-3-4-16-11)14-7-9-1-2-10(8-14)17-9/h9-11,13H,1-8H2. The fraction of sp³-hybridized carbons (Fsp3) is 0.917. The van der Waals surface area contributed by atoms with Gasteiger partial charge in [0.15, 0.2) is 0 Å². The molecule has 17 heavy (non-hydrogen) atoms. The van der Waals surface area contributed by atoms with Crippen molar-refractivity contribution in [3.8, 4) is 0 Å². The summed E-state index contributed by atoms with van der Waals surface area (Å²) < 4.78 is 11.3. The molecule has 0 spiro atoms. The molecular formula is C12H20N2O3. The Balaban J connectivity index is 1.51. The lowest BCUT2D eigenvalue weighted by Gasteiger charge is -2.33. The zero-order chi connectivity index (χ0) is 11.7. The van der Waals surface area contributed by atoms with Crippen LogP contribution < -0.4 is 5.32 Å². The smallest absolute Gasteiger partial charge is 0.225 e. The molecule has 2 bridgehead atoms. The molecule has 5 nitrogen and oxygen atoms in total. The molecule has 0 aliphatic carbocycles. The van der Waals surface area contributed by atoms with E-state index in [0.29, 0.717) is 13.0 Å². The van der Waals surface area contributed by atoms with Gasteiger partial charge >= 0.3 is 0 Å². The van der Waals surface area contributed by atoms with E-state index in [-0.39, 0.29) is 24.2 Å². The zero-order valence-electron chi connectivity index (χ0n) is 10.1. The van der Waals surface area contributed by atoms with Crippen molar-refractivity contribution in [3.05, 3.63) is 0 Å². The Morgan fingerprint density at radius 1 is 1.29 bits per heavy atom. The average Bonchev–Trinajstić information content (AvgIpc) is 2.69. The fourth-order valence-electron chi connectivity index (χ4n) is 2.89. The molecule has 5 heteroatoms. The number of amides is 1. The summed E-state index contributed by atoms with van der Waals surface area (Å²) in [6, 6.07) is 0. The summed E-state index contributed by atoms with van der Waals surface area (Å²) in [5.41, 5.74) is 0. The SMILES string of the molecule is O=C(CC1CNCCO1)N1CC2CCC(C1)O2. The molecule has 3 fully saturated rings. The summed E-state index contributed by atoms with van der Waals surface area (Å²) in [6.45, 7) is 3.95. The van der Waals surface area contributed by atoms with Gasteiger partial charge in [-0.1, -0.05) is 0 Å². The minimum atomic E-state index is 0.0525. The van der Waals surface area contributed by atoms with Crippen molar-refractivity contribution in [2.75, 3.05) is 32.8 Å². The third-order valence-corrected chi connectivity index (χ3v) is 3.80. The van der Waals surface area contributed by atoms with E-state index in [0.717, 1.165) is 39.0 Å². The summed E-state index contributed by atoms with van der Waals surface area (Å²) in [4.78, 5) is 14.1. The van der Waals surface area contributed by atoms with E-state index in [1.165, 1.54) is 0 Å². The van der Waals surface area contributed by atoms with Crippen molar-refractivity contribution < 1.29 is 14.3 Å². The number of ether oxygens (including phenoxy) is 2. The Bertz CT molecular complexity index is 279. The first kappa shape index (κ1) is 11.4. The summed E-state index contributed by atoms with van der Waals surface area (Å²) in [6.07, 6.45) is 3.33. The van der Waals surface area contributed by atoms with E-state index in [1.807, 2.05) is 4.90 Å². The van der Waals surface area contributed by atoms with Gasteiger partial charge in [-0.3, -0.25) is 4.79 Å². The summed E-state index contributed by atoms with van der Waals surface area (Å²) in [5.74, 6) is 0.221. The van der Waals surface area contributed by atoms with E-state index >= 15 is 0 Å². The van der Waals surface area contributed by atoms with Crippen LogP contribution in [0.5, 0.6) is 0 Å². The molecule has 3 unspecified atom stereocenters. The first-order valence-electron chi connectivity index (χ1n) is 6.57. The highest BCUT2D eigenvalue weighted by Crippen LogP contribution is 2.26. The van der Waals surface area contributed by atoms with Gasteiger partial charge in [-0.05, 0) is 12.8 Å². The van der Waals surface area contributed by atoms with E-state index in [2.05, 4.69) is 5.32 Å². The molecule has 3 rings (SSSR count). The van der Waals surface area contributed by atoms with Crippen LogP contribution in [0.25, 0.3) is 0 Å². The highest BCUT2D eigenvalue weighted by atomic mass is 16.5. The fourth-order valence-corrected chi connectivity index (χ4v) is 2.89. The molecule has 3 atom stereocenters. The molecule has 3 heterocycles. The van der Waals surface area contributed by atoms with Crippen molar-refractivity contribution >= 4 is 5.91 Å². The van der Waals surface area contributed by atoms with Crippen LogP contribution in [0.2, 0.25) is 0 Å². The molecule has 0 radical (unpaired) electrons. The number of hydrogen-bond acceptors (Lipinski definition) is 4. The van der Waals surface area contributed by atoms with Gasteiger partial charge < -0.3 is 19.7 Å². The molecule has 0 aromatic heterocycles. The highest BCUT2D eigenvalue weighted by molar-refractivity contribution is 5.77. The number of rotatable bonds is 2. The molecule has 0 aromatic carbocycles. The molecule has 1 N–H and O–H groups in total. The molecule has 0 saturated carbocycles. The van der Waals surface area contributed by atoms with Gasteiger partial charge in [-0.15, -0.1) is 0 Å². The maximum atomic E-state index is 12.1. The Hall–Kier alpha value is -0.650. The number of nitrogens with one attached hydrogen (secondary N) is 1. The van der Waals surface area contributed by atoms with Crippen LogP contribution in [-0.2, 0) is 14.3 Å². The summed E-state index contributed by atoms with van der Waals surface area (Å²) in [7, 11) is 0. The number of nitrogens with zero attached hydrogens (tertiary/aromatic N) is 1. The van der Waals surface area contributed by atoms with Crippen molar-refractivity contribution in [2.45, 2.75) is 37.6 Å².